The van der Waals surface area contributed by atoms with Gasteiger partial charge in [-0.05, 0) is 66.1 Å². The number of para-hydroxylation sites is 1. The van der Waals surface area contributed by atoms with Gasteiger partial charge in [0.05, 0.1) is 11.4 Å². The Balaban J connectivity index is 1.62. The van der Waals surface area contributed by atoms with Crippen molar-refractivity contribution in [3.63, 3.8) is 0 Å². The Labute approximate surface area is 212 Å². The largest absolute Gasteiger partial charge is 0.366 e. The monoisotopic (exact) mass is 505 g/mol. The van der Waals surface area contributed by atoms with Crippen LogP contribution >= 0.6 is 23.4 Å². The van der Waals surface area contributed by atoms with Crippen molar-refractivity contribution in [2.24, 2.45) is 5.73 Å². The van der Waals surface area contributed by atoms with Crippen molar-refractivity contribution >= 4 is 40.9 Å². The summed E-state index contributed by atoms with van der Waals surface area (Å²) in [5, 5.41) is 12.9. The molecule has 1 aromatic heterocycles. The lowest BCUT2D eigenvalue weighted by atomic mass is 10.0. The number of nitrogens with one attached hydrogen (secondary N) is 1. The van der Waals surface area contributed by atoms with Crippen LogP contribution in [0.4, 0.5) is 5.69 Å². The fourth-order valence-corrected chi connectivity index (χ4v) is 4.46. The average molecular weight is 506 g/mol. The first-order valence-electron chi connectivity index (χ1n) is 11.0. The van der Waals surface area contributed by atoms with E-state index in [2.05, 4.69) is 35.4 Å². The Morgan fingerprint density at radius 2 is 1.69 bits per heavy atom. The van der Waals surface area contributed by atoms with Crippen LogP contribution in [-0.4, -0.2) is 32.3 Å². The number of carbonyl (C=O) groups excluding carboxylic acids is 2. The maximum atomic E-state index is 12.6. The van der Waals surface area contributed by atoms with Gasteiger partial charge in [0, 0.05) is 21.8 Å². The predicted octanol–water partition coefficient (Wildman–Crippen LogP) is 5.54. The molecule has 0 radical (unpaired) electrons. The van der Waals surface area contributed by atoms with E-state index in [1.807, 2.05) is 47.0 Å². The van der Waals surface area contributed by atoms with Crippen molar-refractivity contribution in [1.82, 2.24) is 14.8 Å². The summed E-state index contributed by atoms with van der Waals surface area (Å²) in [5.74, 6) is 0.341. The molecule has 0 saturated carbocycles. The molecule has 35 heavy (non-hydrogen) atoms. The average Bonchev–Trinajstić information content (AvgIpc) is 3.27. The molecule has 0 unspecified atom stereocenters. The molecular weight excluding hydrogens is 482 g/mol. The molecule has 0 aliphatic carbocycles. The number of rotatable bonds is 8. The van der Waals surface area contributed by atoms with Crippen molar-refractivity contribution in [2.75, 3.05) is 11.1 Å². The number of aromatic nitrogens is 3. The highest BCUT2D eigenvalue weighted by Crippen LogP contribution is 2.32. The van der Waals surface area contributed by atoms with Gasteiger partial charge in [0.2, 0.25) is 11.8 Å². The maximum Gasteiger partial charge on any atom is 0.248 e. The summed E-state index contributed by atoms with van der Waals surface area (Å²) in [4.78, 5) is 23.9. The van der Waals surface area contributed by atoms with E-state index in [4.69, 9.17) is 17.3 Å². The third-order valence-corrected chi connectivity index (χ3v) is 6.50. The number of thioether (sulfide) groups is 1. The van der Waals surface area contributed by atoms with E-state index in [0.717, 1.165) is 16.8 Å². The minimum Gasteiger partial charge on any atom is -0.366 e. The Morgan fingerprint density at radius 1 is 1.00 bits per heavy atom. The third-order valence-electron chi connectivity index (χ3n) is 5.32. The van der Waals surface area contributed by atoms with Crippen LogP contribution in [0.1, 0.15) is 35.7 Å². The second kappa shape index (κ2) is 10.8. The van der Waals surface area contributed by atoms with Crippen LogP contribution in [0.15, 0.2) is 78.0 Å². The number of carbonyl (C=O) groups is 2. The lowest BCUT2D eigenvalue weighted by molar-refractivity contribution is -0.113. The zero-order valence-electron chi connectivity index (χ0n) is 19.2. The minimum atomic E-state index is -0.518. The molecule has 4 aromatic rings. The number of halogens is 1. The summed E-state index contributed by atoms with van der Waals surface area (Å²) >= 11 is 7.38. The van der Waals surface area contributed by atoms with Crippen molar-refractivity contribution in [2.45, 2.75) is 24.9 Å². The van der Waals surface area contributed by atoms with E-state index in [9.17, 15) is 9.59 Å². The number of hydrogen-bond acceptors (Lipinski definition) is 5. The molecule has 7 nitrogen and oxygen atoms in total. The number of benzene rings is 3. The molecule has 9 heteroatoms. The van der Waals surface area contributed by atoms with Crippen molar-refractivity contribution in [1.29, 1.82) is 0 Å². The molecule has 0 aliphatic rings. The SMILES string of the molecule is CC(C)c1ccccc1-n1c(SCC(=O)Nc2ccc(C(N)=O)cc2)nnc1-c1ccc(Cl)cc1. The van der Waals surface area contributed by atoms with Gasteiger partial charge in [0.25, 0.3) is 0 Å². The van der Waals surface area contributed by atoms with Gasteiger partial charge in [-0.1, -0.05) is 55.4 Å². The molecule has 0 saturated heterocycles. The van der Waals surface area contributed by atoms with Crippen molar-refractivity contribution in [3.8, 4) is 17.1 Å². The van der Waals surface area contributed by atoms with E-state index < -0.39 is 5.91 Å². The molecule has 3 N–H and O–H groups in total. The normalized spacial score (nSPS) is 11.0. The van der Waals surface area contributed by atoms with E-state index in [-0.39, 0.29) is 17.6 Å². The van der Waals surface area contributed by atoms with Gasteiger partial charge in [-0.2, -0.15) is 0 Å². The zero-order chi connectivity index (χ0) is 24.9. The van der Waals surface area contributed by atoms with Crippen LogP contribution in [-0.2, 0) is 4.79 Å². The molecule has 178 valence electrons. The van der Waals surface area contributed by atoms with E-state index in [1.54, 1.807) is 24.3 Å². The summed E-state index contributed by atoms with van der Waals surface area (Å²) in [6.07, 6.45) is 0. The molecule has 2 amide bonds. The van der Waals surface area contributed by atoms with Crippen LogP contribution in [0.25, 0.3) is 17.1 Å². The van der Waals surface area contributed by atoms with Crippen LogP contribution in [0.5, 0.6) is 0 Å². The van der Waals surface area contributed by atoms with Gasteiger partial charge < -0.3 is 11.1 Å². The topological polar surface area (TPSA) is 103 Å². The fourth-order valence-electron chi connectivity index (χ4n) is 3.59. The summed E-state index contributed by atoms with van der Waals surface area (Å²) in [6, 6.07) is 22.0. The molecule has 4 rings (SSSR count). The summed E-state index contributed by atoms with van der Waals surface area (Å²) in [6.45, 7) is 4.27. The lowest BCUT2D eigenvalue weighted by Gasteiger charge is -2.17. The number of amides is 2. The Morgan fingerprint density at radius 3 is 2.34 bits per heavy atom. The van der Waals surface area contributed by atoms with Crippen molar-refractivity contribution in [3.05, 3.63) is 88.9 Å². The van der Waals surface area contributed by atoms with E-state index in [1.165, 1.54) is 11.8 Å². The molecule has 0 bridgehead atoms. The fraction of sp³-hybridized carbons (Fsp3) is 0.154. The van der Waals surface area contributed by atoms with Crippen LogP contribution in [0.3, 0.4) is 0 Å². The molecule has 1 heterocycles. The molecule has 0 fully saturated rings. The van der Waals surface area contributed by atoms with Crippen LogP contribution in [0.2, 0.25) is 5.02 Å². The predicted molar refractivity (Wildman–Crippen MR) is 140 cm³/mol. The van der Waals surface area contributed by atoms with Gasteiger partial charge in [-0.3, -0.25) is 14.2 Å². The summed E-state index contributed by atoms with van der Waals surface area (Å²) in [7, 11) is 0. The Hall–Kier alpha value is -3.62. The van der Waals surface area contributed by atoms with E-state index in [0.29, 0.717) is 27.3 Å². The van der Waals surface area contributed by atoms with Crippen LogP contribution < -0.4 is 11.1 Å². The third kappa shape index (κ3) is 5.72. The van der Waals surface area contributed by atoms with Gasteiger partial charge in [-0.15, -0.1) is 10.2 Å². The first kappa shape index (κ1) is 24.5. The first-order valence-corrected chi connectivity index (χ1v) is 12.3. The molecule has 0 atom stereocenters. The standard InChI is InChI=1S/C26H24ClN5O2S/c1-16(2)21-5-3-4-6-22(21)32-25(18-7-11-19(27)12-8-18)30-31-26(32)35-15-23(33)29-20-13-9-17(10-14-20)24(28)34/h3-14,16H,15H2,1-2H3,(H2,28,34)(H,29,33). The Kier molecular flexibility index (Phi) is 7.53. The van der Waals surface area contributed by atoms with Gasteiger partial charge in [0.15, 0.2) is 11.0 Å². The number of nitrogens with two attached hydrogens (primary N) is 1. The van der Waals surface area contributed by atoms with Gasteiger partial charge >= 0.3 is 0 Å². The van der Waals surface area contributed by atoms with E-state index >= 15 is 0 Å². The van der Waals surface area contributed by atoms with Gasteiger partial charge in [0.1, 0.15) is 0 Å². The number of anilines is 1. The van der Waals surface area contributed by atoms with Gasteiger partial charge in [-0.25, -0.2) is 0 Å². The maximum absolute atomic E-state index is 12.6. The lowest BCUT2D eigenvalue weighted by Crippen LogP contribution is -2.15. The molecule has 0 aliphatic heterocycles. The molecule has 0 spiro atoms. The second-order valence-electron chi connectivity index (χ2n) is 8.14. The zero-order valence-corrected chi connectivity index (χ0v) is 20.8. The Bertz CT molecular complexity index is 1350. The van der Waals surface area contributed by atoms with Crippen LogP contribution in [0, 0.1) is 0 Å². The highest BCUT2D eigenvalue weighted by Gasteiger charge is 2.20. The first-order chi connectivity index (χ1) is 16.8. The minimum absolute atomic E-state index is 0.125. The molecule has 3 aromatic carbocycles. The summed E-state index contributed by atoms with van der Waals surface area (Å²) in [5.41, 5.74) is 9.19. The number of primary amides is 1. The quantitative estimate of drug-likeness (QED) is 0.306. The molecular formula is C26H24ClN5O2S. The smallest absolute Gasteiger partial charge is 0.248 e. The van der Waals surface area contributed by atoms with Crippen molar-refractivity contribution < 1.29 is 9.59 Å². The summed E-state index contributed by atoms with van der Waals surface area (Å²) < 4.78 is 1.98. The number of hydrogen-bond donors (Lipinski definition) is 2. The highest BCUT2D eigenvalue weighted by atomic mass is 35.5. The highest BCUT2D eigenvalue weighted by molar-refractivity contribution is 7.99. The number of nitrogens with zero attached hydrogens (tertiary/aromatic N) is 3. The second-order valence-corrected chi connectivity index (χ2v) is 9.52.